The van der Waals surface area contributed by atoms with Crippen molar-refractivity contribution < 1.29 is 22.0 Å². The predicted molar refractivity (Wildman–Crippen MR) is 80.8 cm³/mol. The van der Waals surface area contributed by atoms with Crippen molar-refractivity contribution in [1.82, 2.24) is 0 Å². The number of rotatable bonds is 4. The molecule has 116 valence electrons. The Kier molecular flexibility index (Phi) is 4.32. The van der Waals surface area contributed by atoms with Gasteiger partial charge in [-0.15, -0.1) is 0 Å². The Balaban J connectivity index is 2.80. The summed E-state index contributed by atoms with van der Waals surface area (Å²) < 4.78 is 44.3. The Hall–Kier alpha value is -0.760. The van der Waals surface area contributed by atoms with Gasteiger partial charge in [-0.3, -0.25) is 4.79 Å². The molecule has 0 spiro atoms. The van der Waals surface area contributed by atoms with E-state index in [0.717, 1.165) is 12.7 Å². The van der Waals surface area contributed by atoms with Crippen LogP contribution in [0.4, 0.5) is 0 Å². The van der Waals surface area contributed by atoms with Gasteiger partial charge in [0.1, 0.15) is 0 Å². The molecule has 5 nitrogen and oxygen atoms in total. The topological polar surface area (TPSA) is 88.5 Å². The average Bonchev–Trinajstić information content (AvgIpc) is 2.24. The van der Waals surface area contributed by atoms with E-state index < -0.39 is 30.9 Å². The molecule has 0 aromatic heterocycles. The van der Waals surface area contributed by atoms with Crippen molar-refractivity contribution in [2.24, 2.45) is 0 Å². The zero-order valence-corrected chi connectivity index (χ0v) is 13.9. The van der Waals surface area contributed by atoms with E-state index in [1.807, 2.05) is 0 Å². The minimum absolute atomic E-state index is 0.0963. The normalized spacial score (nSPS) is 18.9. The summed E-state index contributed by atoms with van der Waals surface area (Å²) in [5.74, 6) is 0. The zero-order valence-electron chi connectivity index (χ0n) is 11.6. The molecule has 21 heavy (non-hydrogen) atoms. The van der Waals surface area contributed by atoms with Crippen molar-refractivity contribution in [1.29, 1.82) is 0 Å². The first-order valence-electron chi connectivity index (χ1n) is 6.25. The Morgan fingerprint density at radius 2 is 1.95 bits per heavy atom. The minimum Gasteiger partial charge on any atom is -0.305 e. The summed E-state index contributed by atoms with van der Waals surface area (Å²) in [4.78, 5) is 11.3. The van der Waals surface area contributed by atoms with Crippen LogP contribution >= 0.6 is 11.6 Å². The predicted octanol–water partition coefficient (Wildman–Crippen LogP) is 2.38. The third-order valence-corrected chi connectivity index (χ3v) is 6.56. The molecule has 1 atom stereocenters. The summed E-state index contributed by atoms with van der Waals surface area (Å²) in [6, 6.07) is 2.71. The minimum atomic E-state index is -3.66. The van der Waals surface area contributed by atoms with Gasteiger partial charge in [-0.1, -0.05) is 6.07 Å². The summed E-state index contributed by atoms with van der Waals surface area (Å²) >= 11 is 3.28. The fraction of sp³-hybridized carbons (Fsp3) is 0.462. The number of halogens is 1. The fourth-order valence-corrected chi connectivity index (χ4v) is 4.85. The van der Waals surface area contributed by atoms with Crippen LogP contribution in [0.1, 0.15) is 40.7 Å². The van der Waals surface area contributed by atoms with Crippen molar-refractivity contribution in [2.45, 2.75) is 35.8 Å². The van der Waals surface area contributed by atoms with Crippen molar-refractivity contribution in [3.63, 3.8) is 0 Å². The molecule has 0 radical (unpaired) electrons. The van der Waals surface area contributed by atoms with E-state index in [4.69, 9.17) is 11.6 Å². The van der Waals surface area contributed by atoms with Gasteiger partial charge >= 0.3 is 0 Å². The quantitative estimate of drug-likeness (QED) is 0.665. The number of carbonyl (C=O) groups is 1. The molecular formula is C13H15ClO5S2. The van der Waals surface area contributed by atoms with Crippen molar-refractivity contribution in [3.8, 4) is 0 Å². The molecule has 1 fully saturated rings. The second-order valence-corrected chi connectivity index (χ2v) is 8.91. The van der Waals surface area contributed by atoms with Gasteiger partial charge in [0, 0.05) is 11.8 Å². The van der Waals surface area contributed by atoms with Crippen LogP contribution in [0.3, 0.4) is 0 Å². The smallest absolute Gasteiger partial charge is 0.252 e. The van der Waals surface area contributed by atoms with Crippen molar-refractivity contribution >= 4 is 37.8 Å². The third kappa shape index (κ3) is 2.79. The highest BCUT2D eigenvalue weighted by molar-refractivity contribution is 7.90. The molecule has 2 rings (SSSR count). The molecule has 0 bridgehead atoms. The lowest BCUT2D eigenvalue weighted by molar-refractivity contribution is 0.108. The number of carbonyl (C=O) groups excluding carboxylic acids is 1. The number of benzene rings is 1. The molecule has 1 aromatic carbocycles. The Morgan fingerprint density at radius 3 is 2.29 bits per heavy atom. The van der Waals surface area contributed by atoms with Crippen LogP contribution in [-0.4, -0.2) is 28.7 Å². The van der Waals surface area contributed by atoms with Crippen molar-refractivity contribution in [3.05, 3.63) is 28.8 Å². The van der Waals surface area contributed by atoms with E-state index in [2.05, 4.69) is 0 Å². The molecule has 1 unspecified atom stereocenters. The number of aryl methyl sites for hydroxylation is 1. The maximum absolute atomic E-state index is 12.0. The monoisotopic (exact) mass is 350 g/mol. The average molecular weight is 351 g/mol. The molecule has 8 heteroatoms. The van der Waals surface area contributed by atoms with Gasteiger partial charge in [0.2, 0.25) is 0 Å². The molecule has 0 amide bonds. The van der Waals surface area contributed by atoms with E-state index in [-0.39, 0.29) is 10.5 Å². The highest BCUT2D eigenvalue weighted by Crippen LogP contribution is 2.48. The lowest BCUT2D eigenvalue weighted by Gasteiger charge is -2.40. The highest BCUT2D eigenvalue weighted by Gasteiger charge is 2.47. The Bertz CT molecular complexity index is 735. The van der Waals surface area contributed by atoms with Crippen LogP contribution in [0.15, 0.2) is 17.0 Å². The molecule has 1 aliphatic carbocycles. The molecule has 0 heterocycles. The molecule has 1 aliphatic rings. The van der Waals surface area contributed by atoms with Gasteiger partial charge in [0.25, 0.3) is 5.24 Å². The van der Waals surface area contributed by atoms with Gasteiger partial charge in [-0.2, -0.15) is 0 Å². The van der Waals surface area contributed by atoms with Gasteiger partial charge in [-0.05, 0) is 55.0 Å². The van der Waals surface area contributed by atoms with Crippen LogP contribution in [0.2, 0.25) is 0 Å². The van der Waals surface area contributed by atoms with E-state index in [1.165, 1.54) is 12.1 Å². The summed E-state index contributed by atoms with van der Waals surface area (Å²) in [6.07, 6.45) is 2.64. The first kappa shape index (κ1) is 16.6. The third-order valence-electron chi connectivity index (χ3n) is 3.92. The second-order valence-electron chi connectivity index (χ2n) is 5.31. The lowest BCUT2D eigenvalue weighted by Crippen LogP contribution is -2.39. The largest absolute Gasteiger partial charge is 0.305 e. The van der Waals surface area contributed by atoms with E-state index >= 15 is 0 Å². The van der Waals surface area contributed by atoms with Crippen LogP contribution < -0.4 is 0 Å². The van der Waals surface area contributed by atoms with Crippen molar-refractivity contribution in [2.75, 3.05) is 6.26 Å². The maximum Gasteiger partial charge on any atom is 0.252 e. The molecule has 0 saturated heterocycles. The van der Waals surface area contributed by atoms with E-state index in [0.29, 0.717) is 24.0 Å². The summed E-state index contributed by atoms with van der Waals surface area (Å²) in [5, 5.41) is -0.753. The standard InChI is InChI=1S/C13H15ClO5S2/c1-8-6-10(13(20(16)17)4-3-5-13)11(21(2,18)19)7-9(8)12(14)15/h6-7H,3-5H2,1-2H3,(H,16,17). The van der Waals surface area contributed by atoms with Crippen LogP contribution in [0, 0.1) is 6.92 Å². The maximum atomic E-state index is 12.0. The first-order valence-corrected chi connectivity index (χ1v) is 9.63. The Labute approximate surface area is 130 Å². The molecule has 0 aliphatic heterocycles. The van der Waals surface area contributed by atoms with Gasteiger partial charge in [0.05, 0.1) is 9.64 Å². The van der Waals surface area contributed by atoms with Gasteiger partial charge in [-0.25, -0.2) is 12.6 Å². The molecular weight excluding hydrogens is 336 g/mol. The Morgan fingerprint density at radius 1 is 1.38 bits per heavy atom. The van der Waals surface area contributed by atoms with Crippen LogP contribution in [-0.2, 0) is 25.7 Å². The summed E-state index contributed by atoms with van der Waals surface area (Å²) in [7, 11) is -3.66. The van der Waals surface area contributed by atoms with Crippen LogP contribution in [0.25, 0.3) is 0 Å². The van der Waals surface area contributed by atoms with Crippen LogP contribution in [0.5, 0.6) is 0 Å². The van der Waals surface area contributed by atoms with Gasteiger partial charge < -0.3 is 4.55 Å². The fourth-order valence-electron chi connectivity index (χ4n) is 2.60. The molecule has 1 saturated carbocycles. The SMILES string of the molecule is Cc1cc(C2(S(=O)O)CCC2)c(S(C)(=O)=O)cc1C(=O)Cl. The van der Waals surface area contributed by atoms with E-state index in [9.17, 15) is 22.0 Å². The lowest BCUT2D eigenvalue weighted by atomic mass is 9.78. The first-order chi connectivity index (χ1) is 9.59. The highest BCUT2D eigenvalue weighted by atomic mass is 35.5. The molecule has 1 aromatic rings. The summed E-state index contributed by atoms with van der Waals surface area (Å²) in [5.41, 5.74) is 0.893. The number of hydrogen-bond acceptors (Lipinski definition) is 4. The van der Waals surface area contributed by atoms with E-state index in [1.54, 1.807) is 6.92 Å². The molecule has 1 N–H and O–H groups in total. The number of hydrogen-bond donors (Lipinski definition) is 1. The summed E-state index contributed by atoms with van der Waals surface area (Å²) in [6.45, 7) is 1.62. The zero-order chi connectivity index (χ0) is 16.0. The van der Waals surface area contributed by atoms with Gasteiger partial charge in [0.15, 0.2) is 20.9 Å². The second kappa shape index (κ2) is 5.46. The number of sulfone groups is 1.